The van der Waals surface area contributed by atoms with Crippen molar-refractivity contribution in [2.24, 2.45) is 0 Å². The lowest BCUT2D eigenvalue weighted by molar-refractivity contribution is 0.375. The first-order chi connectivity index (χ1) is 6.39. The smallest absolute Gasteiger partial charge is 0.391 e. The van der Waals surface area contributed by atoms with E-state index in [0.29, 0.717) is 0 Å². The fourth-order valence-corrected chi connectivity index (χ4v) is 1.56. The van der Waals surface area contributed by atoms with Crippen LogP contribution in [0.3, 0.4) is 0 Å². The van der Waals surface area contributed by atoms with Crippen LogP contribution in [0.2, 0.25) is 0 Å². The SMILES string of the molecule is O=S(=O)(O)c1ccc(OP(O)O)cc1. The van der Waals surface area contributed by atoms with Gasteiger partial charge in [0.25, 0.3) is 10.1 Å². The summed E-state index contributed by atoms with van der Waals surface area (Å²) in [6, 6.07) is 4.57. The average Bonchev–Trinajstić information content (AvgIpc) is 2.02. The third-order valence-electron chi connectivity index (χ3n) is 1.31. The maximum Gasteiger partial charge on any atom is 0.391 e. The Bertz CT molecular complexity index is 397. The van der Waals surface area contributed by atoms with Gasteiger partial charge in [0.15, 0.2) is 0 Å². The molecule has 0 bridgehead atoms. The van der Waals surface area contributed by atoms with Crippen LogP contribution in [-0.4, -0.2) is 22.8 Å². The van der Waals surface area contributed by atoms with Crippen LogP contribution >= 0.6 is 8.60 Å². The maximum absolute atomic E-state index is 10.6. The van der Waals surface area contributed by atoms with Crippen molar-refractivity contribution in [1.29, 1.82) is 0 Å². The van der Waals surface area contributed by atoms with Gasteiger partial charge in [-0.15, -0.1) is 0 Å². The monoisotopic (exact) mass is 238 g/mol. The summed E-state index contributed by atoms with van der Waals surface area (Å²) in [5.74, 6) is 0.105. The topological polar surface area (TPSA) is 104 Å². The van der Waals surface area contributed by atoms with Crippen LogP contribution in [0.25, 0.3) is 0 Å². The predicted molar refractivity (Wildman–Crippen MR) is 48.2 cm³/mol. The maximum atomic E-state index is 10.6. The molecule has 1 aromatic carbocycles. The lowest BCUT2D eigenvalue weighted by atomic mass is 10.3. The van der Waals surface area contributed by atoms with Gasteiger partial charge in [0.05, 0.1) is 4.90 Å². The zero-order valence-corrected chi connectivity index (χ0v) is 8.44. The molecule has 78 valence electrons. The number of rotatable bonds is 3. The average molecular weight is 238 g/mol. The minimum Gasteiger partial charge on any atom is -0.427 e. The van der Waals surface area contributed by atoms with Crippen LogP contribution in [0, 0.1) is 0 Å². The Labute approximate surface area is 81.5 Å². The Morgan fingerprint density at radius 3 is 2.00 bits per heavy atom. The quantitative estimate of drug-likeness (QED) is 0.524. The van der Waals surface area contributed by atoms with E-state index in [0.717, 1.165) is 12.1 Å². The summed E-state index contributed by atoms with van der Waals surface area (Å²) in [5.41, 5.74) is 0. The standard InChI is InChI=1S/C6H7O6PS/c7-13(8)12-5-1-3-6(4-2-5)14(9,10)11/h1-4,7-8H,(H,9,10,11). The first-order valence-corrected chi connectivity index (χ1v) is 5.93. The molecule has 8 heteroatoms. The lowest BCUT2D eigenvalue weighted by Crippen LogP contribution is -1.97. The molecule has 0 atom stereocenters. The Balaban J connectivity index is 2.90. The van der Waals surface area contributed by atoms with E-state index >= 15 is 0 Å². The molecule has 3 N–H and O–H groups in total. The fraction of sp³-hybridized carbons (Fsp3) is 0. The minimum atomic E-state index is -4.22. The van der Waals surface area contributed by atoms with Crippen LogP contribution in [0.5, 0.6) is 5.75 Å². The normalized spacial score (nSPS) is 11.7. The van der Waals surface area contributed by atoms with Crippen molar-refractivity contribution in [3.63, 3.8) is 0 Å². The second kappa shape index (κ2) is 4.20. The van der Waals surface area contributed by atoms with Crippen molar-refractivity contribution in [1.82, 2.24) is 0 Å². The van der Waals surface area contributed by atoms with Gasteiger partial charge in [-0.1, -0.05) is 0 Å². The molecule has 0 amide bonds. The van der Waals surface area contributed by atoms with Crippen molar-refractivity contribution in [3.8, 4) is 5.75 Å². The van der Waals surface area contributed by atoms with E-state index in [1.54, 1.807) is 0 Å². The highest BCUT2D eigenvalue weighted by atomic mass is 32.2. The first-order valence-electron chi connectivity index (χ1n) is 3.33. The number of hydrogen-bond donors (Lipinski definition) is 3. The highest BCUT2D eigenvalue weighted by molar-refractivity contribution is 7.85. The Morgan fingerprint density at radius 1 is 1.14 bits per heavy atom. The van der Waals surface area contributed by atoms with Crippen molar-refractivity contribution >= 4 is 18.7 Å². The van der Waals surface area contributed by atoms with Gasteiger partial charge >= 0.3 is 8.60 Å². The Hall–Kier alpha value is -0.720. The van der Waals surface area contributed by atoms with E-state index in [2.05, 4.69) is 4.52 Å². The van der Waals surface area contributed by atoms with Crippen molar-refractivity contribution < 1.29 is 27.3 Å². The third-order valence-corrected chi connectivity index (χ3v) is 2.55. The lowest BCUT2D eigenvalue weighted by Gasteiger charge is -2.04. The molecular formula is C6H7O6PS. The molecule has 0 aromatic heterocycles. The molecule has 0 aliphatic carbocycles. The van der Waals surface area contributed by atoms with Gasteiger partial charge in [-0.2, -0.15) is 8.42 Å². The molecule has 0 fully saturated rings. The molecule has 0 saturated heterocycles. The number of hydrogen-bond acceptors (Lipinski definition) is 5. The molecular weight excluding hydrogens is 231 g/mol. The van der Waals surface area contributed by atoms with E-state index in [4.69, 9.17) is 14.3 Å². The summed E-state index contributed by atoms with van der Waals surface area (Å²) in [4.78, 5) is 16.6. The number of benzene rings is 1. The van der Waals surface area contributed by atoms with Gasteiger partial charge in [-0.05, 0) is 24.3 Å². The van der Waals surface area contributed by atoms with Crippen molar-refractivity contribution in [2.75, 3.05) is 0 Å². The van der Waals surface area contributed by atoms with E-state index in [-0.39, 0.29) is 10.6 Å². The summed E-state index contributed by atoms with van der Waals surface area (Å²) in [7, 11) is -6.75. The summed E-state index contributed by atoms with van der Waals surface area (Å²) in [6.07, 6.45) is 0. The second-order valence-electron chi connectivity index (χ2n) is 2.29. The largest absolute Gasteiger partial charge is 0.427 e. The second-order valence-corrected chi connectivity index (χ2v) is 4.40. The summed E-state index contributed by atoms with van der Waals surface area (Å²) >= 11 is 0. The minimum absolute atomic E-state index is 0.105. The summed E-state index contributed by atoms with van der Waals surface area (Å²) < 4.78 is 34.3. The van der Waals surface area contributed by atoms with Gasteiger partial charge < -0.3 is 14.3 Å². The van der Waals surface area contributed by atoms with E-state index in [1.807, 2.05) is 0 Å². The van der Waals surface area contributed by atoms with Gasteiger partial charge in [0, 0.05) is 0 Å². The molecule has 0 aliphatic heterocycles. The first kappa shape index (κ1) is 11.4. The van der Waals surface area contributed by atoms with E-state index in [1.165, 1.54) is 12.1 Å². The van der Waals surface area contributed by atoms with Crippen molar-refractivity contribution in [2.45, 2.75) is 4.90 Å². The molecule has 0 saturated carbocycles. The van der Waals surface area contributed by atoms with Gasteiger partial charge in [-0.3, -0.25) is 4.55 Å². The van der Waals surface area contributed by atoms with Gasteiger partial charge in [0.2, 0.25) is 0 Å². The predicted octanol–water partition coefficient (Wildman–Crippen LogP) is 0.524. The fourth-order valence-electron chi connectivity index (χ4n) is 0.767. The van der Waals surface area contributed by atoms with Crippen LogP contribution in [0.4, 0.5) is 0 Å². The third kappa shape index (κ3) is 3.21. The highest BCUT2D eigenvalue weighted by Gasteiger charge is 2.09. The van der Waals surface area contributed by atoms with Crippen LogP contribution < -0.4 is 4.52 Å². The molecule has 1 aromatic rings. The molecule has 0 heterocycles. The van der Waals surface area contributed by atoms with Crippen molar-refractivity contribution in [3.05, 3.63) is 24.3 Å². The highest BCUT2D eigenvalue weighted by Crippen LogP contribution is 2.29. The summed E-state index contributed by atoms with van der Waals surface area (Å²) in [6.45, 7) is 0. The Morgan fingerprint density at radius 2 is 1.64 bits per heavy atom. The molecule has 1 rings (SSSR count). The molecule has 6 nitrogen and oxygen atoms in total. The van der Waals surface area contributed by atoms with Crippen LogP contribution in [-0.2, 0) is 10.1 Å². The molecule has 0 aliphatic rings. The molecule has 0 unspecified atom stereocenters. The van der Waals surface area contributed by atoms with Gasteiger partial charge in [0.1, 0.15) is 5.75 Å². The molecule has 14 heavy (non-hydrogen) atoms. The van der Waals surface area contributed by atoms with Crippen LogP contribution in [0.1, 0.15) is 0 Å². The van der Waals surface area contributed by atoms with Crippen LogP contribution in [0.15, 0.2) is 29.2 Å². The Kier molecular flexibility index (Phi) is 3.41. The molecule has 0 spiro atoms. The molecule has 0 radical (unpaired) electrons. The summed E-state index contributed by atoms with van der Waals surface area (Å²) in [5, 5.41) is 0. The van der Waals surface area contributed by atoms with Gasteiger partial charge in [-0.25, -0.2) is 0 Å². The zero-order chi connectivity index (χ0) is 10.8. The van der Waals surface area contributed by atoms with E-state index in [9.17, 15) is 8.42 Å². The zero-order valence-electron chi connectivity index (χ0n) is 6.73. The van der Waals surface area contributed by atoms with E-state index < -0.39 is 18.7 Å².